The second kappa shape index (κ2) is 6.45. The molecule has 1 atom stereocenters. The molecule has 0 radical (unpaired) electrons. The molecule has 20 heavy (non-hydrogen) atoms. The first-order valence-electron chi connectivity index (χ1n) is 6.24. The molecule has 1 aromatic carbocycles. The molecule has 1 aliphatic heterocycles. The van der Waals surface area contributed by atoms with E-state index >= 15 is 0 Å². The number of carbonyl (C=O) groups excluding carboxylic acids is 1. The summed E-state index contributed by atoms with van der Waals surface area (Å²) in [5.74, 6) is -0.0295. The number of oxime groups is 1. The highest BCUT2D eigenvalue weighted by Gasteiger charge is 2.27. The Morgan fingerprint density at radius 3 is 3.00 bits per heavy atom. The zero-order valence-electron chi connectivity index (χ0n) is 10.7. The van der Waals surface area contributed by atoms with Crippen molar-refractivity contribution in [3.8, 4) is 0 Å². The van der Waals surface area contributed by atoms with Crippen molar-refractivity contribution in [2.75, 3.05) is 13.1 Å². The summed E-state index contributed by atoms with van der Waals surface area (Å²) >= 11 is 9.30. The van der Waals surface area contributed by atoms with E-state index in [0.29, 0.717) is 28.1 Å². The lowest BCUT2D eigenvalue weighted by atomic mass is 9.96. The number of hydrogen-bond acceptors (Lipinski definition) is 3. The molecule has 1 saturated heterocycles. The third-order valence-electron chi connectivity index (χ3n) is 3.40. The summed E-state index contributed by atoms with van der Waals surface area (Å²) in [6.45, 7) is 1.11. The van der Waals surface area contributed by atoms with Gasteiger partial charge >= 0.3 is 0 Å². The Morgan fingerprint density at radius 2 is 2.30 bits per heavy atom. The number of hydrogen-bond donors (Lipinski definition) is 2. The highest BCUT2D eigenvalue weighted by atomic mass is 79.9. The topological polar surface area (TPSA) is 78.9 Å². The van der Waals surface area contributed by atoms with Gasteiger partial charge in [0.05, 0.1) is 5.56 Å². The summed E-state index contributed by atoms with van der Waals surface area (Å²) < 4.78 is 0.706. The fraction of sp³-hybridized carbons (Fsp3) is 0.385. The number of piperidine rings is 1. The van der Waals surface area contributed by atoms with Gasteiger partial charge in [0.2, 0.25) is 0 Å². The molecule has 108 valence electrons. The lowest BCUT2D eigenvalue weighted by Crippen LogP contribution is -2.44. The molecule has 1 aliphatic rings. The van der Waals surface area contributed by atoms with Gasteiger partial charge in [-0.3, -0.25) is 4.79 Å². The van der Waals surface area contributed by atoms with E-state index in [-0.39, 0.29) is 17.7 Å². The molecule has 0 spiro atoms. The van der Waals surface area contributed by atoms with Crippen molar-refractivity contribution in [3.63, 3.8) is 0 Å². The van der Waals surface area contributed by atoms with Gasteiger partial charge in [0, 0.05) is 28.5 Å². The van der Waals surface area contributed by atoms with Gasteiger partial charge in [-0.2, -0.15) is 0 Å². The molecule has 0 saturated carbocycles. The van der Waals surface area contributed by atoms with Crippen LogP contribution in [0.2, 0.25) is 5.02 Å². The van der Waals surface area contributed by atoms with Crippen LogP contribution < -0.4 is 5.73 Å². The molecular weight excluding hydrogens is 346 g/mol. The van der Waals surface area contributed by atoms with Crippen molar-refractivity contribution >= 4 is 39.3 Å². The van der Waals surface area contributed by atoms with Crippen molar-refractivity contribution in [2.24, 2.45) is 16.8 Å². The minimum absolute atomic E-state index is 0.101. The number of amides is 1. The monoisotopic (exact) mass is 359 g/mol. The van der Waals surface area contributed by atoms with Crippen LogP contribution >= 0.6 is 27.5 Å². The van der Waals surface area contributed by atoms with E-state index in [0.717, 1.165) is 12.8 Å². The van der Waals surface area contributed by atoms with Crippen LogP contribution in [0.1, 0.15) is 23.2 Å². The van der Waals surface area contributed by atoms with Crippen LogP contribution in [-0.4, -0.2) is 34.9 Å². The Hall–Kier alpha value is -1.27. The third-order valence-corrected chi connectivity index (χ3v) is 4.33. The zero-order chi connectivity index (χ0) is 14.7. The summed E-state index contributed by atoms with van der Waals surface area (Å²) in [5, 5.41) is 12.3. The Balaban J connectivity index is 2.18. The fourth-order valence-electron chi connectivity index (χ4n) is 2.32. The number of likely N-dealkylation sites (tertiary alicyclic amines) is 1. The molecule has 1 aromatic rings. The smallest absolute Gasteiger partial charge is 0.255 e. The van der Waals surface area contributed by atoms with Gasteiger partial charge in [0.25, 0.3) is 5.91 Å². The number of nitrogens with two attached hydrogens (primary N) is 1. The Labute approximate surface area is 130 Å². The minimum atomic E-state index is -0.102. The highest BCUT2D eigenvalue weighted by molar-refractivity contribution is 9.10. The van der Waals surface area contributed by atoms with Crippen molar-refractivity contribution in [3.05, 3.63) is 33.3 Å². The van der Waals surface area contributed by atoms with Crippen LogP contribution in [0.15, 0.2) is 27.8 Å². The van der Waals surface area contributed by atoms with Gasteiger partial charge in [0.1, 0.15) is 5.84 Å². The predicted octanol–water partition coefficient (Wildman–Crippen LogP) is 2.70. The number of nitrogens with zero attached hydrogens (tertiary/aromatic N) is 2. The van der Waals surface area contributed by atoms with Gasteiger partial charge in [-0.25, -0.2) is 0 Å². The van der Waals surface area contributed by atoms with E-state index in [1.165, 1.54) is 0 Å². The lowest BCUT2D eigenvalue weighted by molar-refractivity contribution is 0.0700. The minimum Gasteiger partial charge on any atom is -0.409 e. The number of benzene rings is 1. The summed E-state index contributed by atoms with van der Waals surface area (Å²) in [6, 6.07) is 5.11. The van der Waals surface area contributed by atoms with Crippen LogP contribution in [0.25, 0.3) is 0 Å². The average Bonchev–Trinajstić information content (AvgIpc) is 2.48. The molecule has 5 nitrogen and oxygen atoms in total. The first-order valence-corrected chi connectivity index (χ1v) is 7.41. The summed E-state index contributed by atoms with van der Waals surface area (Å²) in [5.41, 5.74) is 6.16. The number of carbonyl (C=O) groups is 1. The SMILES string of the molecule is N/C(=N/O)C1CCCN(C(=O)c2cc(Cl)ccc2Br)C1. The Kier molecular flexibility index (Phi) is 4.88. The second-order valence-corrected chi connectivity index (χ2v) is 6.03. The molecular formula is C13H15BrClN3O2. The van der Waals surface area contributed by atoms with Gasteiger partial charge in [-0.05, 0) is 47.0 Å². The van der Waals surface area contributed by atoms with Crippen LogP contribution in [0.4, 0.5) is 0 Å². The van der Waals surface area contributed by atoms with Crippen LogP contribution in [0.5, 0.6) is 0 Å². The third kappa shape index (κ3) is 3.24. The molecule has 2 rings (SSSR count). The number of amidine groups is 1. The second-order valence-electron chi connectivity index (χ2n) is 4.74. The van der Waals surface area contributed by atoms with E-state index < -0.39 is 0 Å². The average molecular weight is 361 g/mol. The zero-order valence-corrected chi connectivity index (χ0v) is 13.1. The van der Waals surface area contributed by atoms with E-state index in [4.69, 9.17) is 22.5 Å². The molecule has 1 unspecified atom stereocenters. The van der Waals surface area contributed by atoms with Crippen molar-refractivity contribution in [2.45, 2.75) is 12.8 Å². The highest BCUT2D eigenvalue weighted by Crippen LogP contribution is 2.25. The summed E-state index contributed by atoms with van der Waals surface area (Å²) in [7, 11) is 0. The Morgan fingerprint density at radius 1 is 1.55 bits per heavy atom. The molecule has 7 heteroatoms. The van der Waals surface area contributed by atoms with E-state index in [9.17, 15) is 4.79 Å². The van der Waals surface area contributed by atoms with Crippen molar-refractivity contribution in [1.82, 2.24) is 4.90 Å². The number of rotatable bonds is 2. The van der Waals surface area contributed by atoms with Crippen LogP contribution in [0, 0.1) is 5.92 Å². The summed E-state index contributed by atoms with van der Waals surface area (Å²) in [6.07, 6.45) is 1.64. The van der Waals surface area contributed by atoms with Gasteiger partial charge in [-0.15, -0.1) is 0 Å². The van der Waals surface area contributed by atoms with Crippen LogP contribution in [-0.2, 0) is 0 Å². The van der Waals surface area contributed by atoms with Gasteiger partial charge in [-0.1, -0.05) is 16.8 Å². The maximum Gasteiger partial charge on any atom is 0.255 e. The van der Waals surface area contributed by atoms with E-state index in [1.54, 1.807) is 23.1 Å². The largest absolute Gasteiger partial charge is 0.409 e. The quantitative estimate of drug-likeness (QED) is 0.368. The molecule has 1 amide bonds. The molecule has 0 bridgehead atoms. The van der Waals surface area contributed by atoms with Crippen LogP contribution in [0.3, 0.4) is 0 Å². The van der Waals surface area contributed by atoms with E-state index in [2.05, 4.69) is 21.1 Å². The maximum absolute atomic E-state index is 12.5. The molecule has 1 fully saturated rings. The molecule has 0 aliphatic carbocycles. The lowest BCUT2D eigenvalue weighted by Gasteiger charge is -2.32. The Bertz CT molecular complexity index is 550. The number of halogens is 2. The summed E-state index contributed by atoms with van der Waals surface area (Å²) in [4.78, 5) is 14.2. The van der Waals surface area contributed by atoms with Crippen molar-refractivity contribution < 1.29 is 10.0 Å². The maximum atomic E-state index is 12.5. The molecule has 1 heterocycles. The van der Waals surface area contributed by atoms with Gasteiger partial charge in [0.15, 0.2) is 0 Å². The van der Waals surface area contributed by atoms with Gasteiger partial charge < -0.3 is 15.8 Å². The standard InChI is InChI=1S/C13H15BrClN3O2/c14-11-4-3-9(15)6-10(11)13(19)18-5-1-2-8(7-18)12(16)17-20/h3-4,6,8,20H,1-2,5,7H2,(H2,16,17). The van der Waals surface area contributed by atoms with E-state index in [1.807, 2.05) is 0 Å². The van der Waals surface area contributed by atoms with Crippen molar-refractivity contribution in [1.29, 1.82) is 0 Å². The predicted molar refractivity (Wildman–Crippen MR) is 81.2 cm³/mol. The molecule has 3 N–H and O–H groups in total. The fourth-order valence-corrected chi connectivity index (χ4v) is 2.90. The first-order chi connectivity index (χ1) is 9.52. The normalized spacial score (nSPS) is 20.0. The molecule has 0 aromatic heterocycles. The first kappa shape index (κ1) is 15.1.